The molecule has 180 valence electrons. The first kappa shape index (κ1) is 24.6. The monoisotopic (exact) mass is 460 g/mol. The molecule has 0 saturated carbocycles. The van der Waals surface area contributed by atoms with Crippen LogP contribution >= 0.6 is 0 Å². The van der Waals surface area contributed by atoms with Gasteiger partial charge in [-0.25, -0.2) is 0 Å². The molecule has 0 bridgehead atoms. The van der Waals surface area contributed by atoms with Crippen LogP contribution < -0.4 is 0 Å². The summed E-state index contributed by atoms with van der Waals surface area (Å²) in [5.41, 5.74) is 4.56. The average Bonchev–Trinajstić information content (AvgIpc) is 2.82. The van der Waals surface area contributed by atoms with Crippen LogP contribution in [0.25, 0.3) is 12.2 Å². The van der Waals surface area contributed by atoms with Gasteiger partial charge in [-0.2, -0.15) is 0 Å². The molecule has 0 unspecified atom stereocenters. The van der Waals surface area contributed by atoms with E-state index in [2.05, 4.69) is 88.4 Å². The third kappa shape index (κ3) is 7.00. The molecular formula is C30H36O4. The van der Waals surface area contributed by atoms with Gasteiger partial charge in [0.15, 0.2) is 12.6 Å². The van der Waals surface area contributed by atoms with Crippen molar-refractivity contribution in [3.05, 3.63) is 95.1 Å². The first-order valence-electron chi connectivity index (χ1n) is 12.0. The molecule has 34 heavy (non-hydrogen) atoms. The van der Waals surface area contributed by atoms with E-state index in [1.807, 2.05) is 24.3 Å². The molecule has 2 fully saturated rings. The Morgan fingerprint density at radius 1 is 0.529 bits per heavy atom. The van der Waals surface area contributed by atoms with E-state index in [9.17, 15) is 0 Å². The Morgan fingerprint density at radius 2 is 0.853 bits per heavy atom. The quantitative estimate of drug-likeness (QED) is 0.430. The van der Waals surface area contributed by atoms with Crippen molar-refractivity contribution in [1.29, 1.82) is 0 Å². The van der Waals surface area contributed by atoms with Crippen molar-refractivity contribution in [3.63, 3.8) is 0 Å². The second-order valence-electron chi connectivity index (χ2n) is 10.7. The largest absolute Gasteiger partial charge is 0.348 e. The van der Waals surface area contributed by atoms with E-state index in [1.54, 1.807) is 0 Å². The van der Waals surface area contributed by atoms with Gasteiger partial charge in [-0.15, -0.1) is 0 Å². The van der Waals surface area contributed by atoms with Gasteiger partial charge in [0.05, 0.1) is 26.4 Å². The fourth-order valence-electron chi connectivity index (χ4n) is 3.76. The third-order valence-electron chi connectivity index (χ3n) is 5.83. The first-order valence-corrected chi connectivity index (χ1v) is 12.0. The summed E-state index contributed by atoms with van der Waals surface area (Å²) < 4.78 is 23.4. The number of rotatable bonds is 6. The molecule has 0 amide bonds. The van der Waals surface area contributed by atoms with Crippen LogP contribution in [0.15, 0.2) is 72.8 Å². The smallest absolute Gasteiger partial charge is 0.183 e. The van der Waals surface area contributed by atoms with Gasteiger partial charge in [0.1, 0.15) is 0 Å². The van der Waals surface area contributed by atoms with Gasteiger partial charge in [0, 0.05) is 22.0 Å². The van der Waals surface area contributed by atoms with Crippen molar-refractivity contribution in [2.75, 3.05) is 26.4 Å². The van der Waals surface area contributed by atoms with E-state index in [4.69, 9.17) is 18.9 Å². The topological polar surface area (TPSA) is 36.9 Å². The summed E-state index contributed by atoms with van der Waals surface area (Å²) in [6, 6.07) is 16.6. The highest BCUT2D eigenvalue weighted by molar-refractivity contribution is 5.54. The van der Waals surface area contributed by atoms with Crippen molar-refractivity contribution in [1.82, 2.24) is 0 Å². The van der Waals surface area contributed by atoms with E-state index < -0.39 is 0 Å². The van der Waals surface area contributed by atoms with Crippen molar-refractivity contribution in [2.45, 2.75) is 40.3 Å². The second-order valence-corrected chi connectivity index (χ2v) is 10.7. The van der Waals surface area contributed by atoms with Crippen LogP contribution in [0.3, 0.4) is 0 Å². The lowest BCUT2D eigenvalue weighted by molar-refractivity contribution is -0.226. The van der Waals surface area contributed by atoms with Crippen LogP contribution in [-0.4, -0.2) is 26.4 Å². The summed E-state index contributed by atoms with van der Waals surface area (Å²) in [6.07, 6.45) is 11.8. The van der Waals surface area contributed by atoms with Crippen LogP contribution in [-0.2, 0) is 18.9 Å². The Hall–Kier alpha value is -2.50. The zero-order chi connectivity index (χ0) is 24.0. The normalized spacial score (nSPS) is 21.6. The summed E-state index contributed by atoms with van der Waals surface area (Å²) in [6.45, 7) is 11.5. The molecule has 0 aliphatic carbocycles. The minimum absolute atomic E-state index is 0.0833. The minimum Gasteiger partial charge on any atom is -0.348 e. The molecule has 0 aromatic heterocycles. The lowest BCUT2D eigenvalue weighted by Crippen LogP contribution is -2.33. The lowest BCUT2D eigenvalue weighted by atomic mass is 9.95. The summed E-state index contributed by atoms with van der Waals surface area (Å²) in [5.74, 6) is 0. The molecule has 0 radical (unpaired) electrons. The van der Waals surface area contributed by atoms with Gasteiger partial charge in [0.2, 0.25) is 0 Å². The maximum absolute atomic E-state index is 5.85. The highest BCUT2D eigenvalue weighted by Gasteiger charge is 2.30. The summed E-state index contributed by atoms with van der Waals surface area (Å²) in [5, 5.41) is 0. The van der Waals surface area contributed by atoms with E-state index in [0.29, 0.717) is 26.4 Å². The van der Waals surface area contributed by atoms with Crippen molar-refractivity contribution in [2.24, 2.45) is 10.8 Å². The number of allylic oxidation sites excluding steroid dienone is 4. The molecule has 2 aromatic carbocycles. The molecule has 0 spiro atoms. The number of hydrogen-bond acceptors (Lipinski definition) is 4. The second kappa shape index (κ2) is 10.8. The Bertz CT molecular complexity index is 909. The van der Waals surface area contributed by atoms with Crippen molar-refractivity contribution in [3.8, 4) is 0 Å². The van der Waals surface area contributed by atoms with E-state index in [0.717, 1.165) is 22.3 Å². The maximum atomic E-state index is 5.85. The molecule has 4 nitrogen and oxygen atoms in total. The van der Waals surface area contributed by atoms with Crippen LogP contribution in [0, 0.1) is 10.8 Å². The average molecular weight is 461 g/mol. The summed E-state index contributed by atoms with van der Waals surface area (Å²) in [4.78, 5) is 0. The van der Waals surface area contributed by atoms with Crippen molar-refractivity contribution < 1.29 is 18.9 Å². The van der Waals surface area contributed by atoms with Gasteiger partial charge < -0.3 is 18.9 Å². The molecule has 2 saturated heterocycles. The Balaban J connectivity index is 1.23. The van der Waals surface area contributed by atoms with Gasteiger partial charge >= 0.3 is 0 Å². The predicted molar refractivity (Wildman–Crippen MR) is 137 cm³/mol. The van der Waals surface area contributed by atoms with Gasteiger partial charge in [-0.05, 0) is 11.1 Å². The maximum Gasteiger partial charge on any atom is 0.183 e. The summed E-state index contributed by atoms with van der Waals surface area (Å²) in [7, 11) is 0. The first-order chi connectivity index (χ1) is 16.3. The zero-order valence-electron chi connectivity index (χ0n) is 20.7. The standard InChI is InChI=1S/C30H36O4/c1-29(2)19-31-27(32-20-29)25-15-11-23(12-16-25)9-7-5-6-8-10-24-13-17-26(18-14-24)28-33-21-30(3,4)22-34-28/h5-18,27-28H,19-22H2,1-4H3/b6-5+,9-7+,10-8+. The SMILES string of the molecule is CC1(C)COC(c2ccc(/C=C/C=C/C=C/c3ccc(C4OCC(C)(C)CO4)cc3)cc2)OC1. The Morgan fingerprint density at radius 3 is 1.18 bits per heavy atom. The predicted octanol–water partition coefficient (Wildman–Crippen LogP) is 7.11. The molecule has 4 rings (SSSR count). The van der Waals surface area contributed by atoms with E-state index >= 15 is 0 Å². The molecule has 2 aliphatic heterocycles. The summed E-state index contributed by atoms with van der Waals surface area (Å²) >= 11 is 0. The highest BCUT2D eigenvalue weighted by Crippen LogP contribution is 2.32. The van der Waals surface area contributed by atoms with Crippen molar-refractivity contribution >= 4 is 12.2 Å². The van der Waals surface area contributed by atoms with Crippen LogP contribution in [0.5, 0.6) is 0 Å². The molecule has 2 heterocycles. The minimum atomic E-state index is -0.264. The van der Waals surface area contributed by atoms with Crippen LogP contribution in [0.2, 0.25) is 0 Å². The zero-order valence-corrected chi connectivity index (χ0v) is 20.7. The molecule has 0 N–H and O–H groups in total. The molecular weight excluding hydrogens is 424 g/mol. The number of benzene rings is 2. The number of hydrogen-bond donors (Lipinski definition) is 0. The number of ether oxygens (including phenoxy) is 4. The van der Waals surface area contributed by atoms with Crippen LogP contribution in [0.4, 0.5) is 0 Å². The molecule has 2 aromatic rings. The van der Waals surface area contributed by atoms with Gasteiger partial charge in [0.25, 0.3) is 0 Å². The van der Waals surface area contributed by atoms with E-state index in [1.165, 1.54) is 0 Å². The Kier molecular flexibility index (Phi) is 7.84. The van der Waals surface area contributed by atoms with Gasteiger partial charge in [-0.1, -0.05) is 113 Å². The van der Waals surface area contributed by atoms with E-state index in [-0.39, 0.29) is 23.4 Å². The molecule has 2 aliphatic rings. The Labute approximate surface area is 203 Å². The van der Waals surface area contributed by atoms with Crippen LogP contribution in [0.1, 0.15) is 62.5 Å². The molecule has 0 atom stereocenters. The lowest BCUT2D eigenvalue weighted by Gasteiger charge is -2.34. The fraction of sp³-hybridized carbons (Fsp3) is 0.400. The third-order valence-corrected chi connectivity index (χ3v) is 5.83. The fourth-order valence-corrected chi connectivity index (χ4v) is 3.76. The molecule has 4 heteroatoms. The van der Waals surface area contributed by atoms with Gasteiger partial charge in [-0.3, -0.25) is 0 Å². The highest BCUT2D eigenvalue weighted by atomic mass is 16.7.